The Kier molecular flexibility index (Phi) is 11.7. The molecule has 0 saturated carbocycles. The standard InChI is InChI=1S/C22H32N4O8/c1-12(2)8-15(20(31)26-17(11-27)22(33)34)25-21(32)16(10-18(28)29)24-19(30)14(23)9-13-6-4-3-5-7-13/h3-7,12,14-17,27H,8-11,23H2,1-2H3,(H,24,30)(H,25,32)(H,26,31)(H,28,29)(H,33,34). The minimum absolute atomic E-state index is 0.0938. The second-order valence-electron chi connectivity index (χ2n) is 8.23. The number of aliphatic hydroxyl groups is 1. The van der Waals surface area contributed by atoms with Crippen LogP contribution in [-0.4, -0.2) is 75.8 Å². The fourth-order valence-corrected chi connectivity index (χ4v) is 3.06. The molecule has 0 bridgehead atoms. The first kappa shape index (κ1) is 28.5. The zero-order valence-corrected chi connectivity index (χ0v) is 19.1. The lowest BCUT2D eigenvalue weighted by Crippen LogP contribution is -2.58. The van der Waals surface area contributed by atoms with Crippen molar-refractivity contribution in [3.8, 4) is 0 Å². The molecule has 4 atom stereocenters. The van der Waals surface area contributed by atoms with Crippen LogP contribution < -0.4 is 21.7 Å². The fourth-order valence-electron chi connectivity index (χ4n) is 3.06. The molecule has 0 aliphatic heterocycles. The highest BCUT2D eigenvalue weighted by Gasteiger charge is 2.31. The van der Waals surface area contributed by atoms with E-state index in [1.54, 1.807) is 44.2 Å². The predicted molar refractivity (Wildman–Crippen MR) is 120 cm³/mol. The molecule has 0 saturated heterocycles. The zero-order valence-electron chi connectivity index (χ0n) is 19.1. The summed E-state index contributed by atoms with van der Waals surface area (Å²) in [7, 11) is 0. The lowest BCUT2D eigenvalue weighted by atomic mass is 10.0. The van der Waals surface area contributed by atoms with Gasteiger partial charge in [-0.2, -0.15) is 0 Å². The number of carbonyl (C=O) groups excluding carboxylic acids is 3. The normalized spacial score (nSPS) is 14.4. The first-order chi connectivity index (χ1) is 15.9. The number of hydrogen-bond donors (Lipinski definition) is 7. The van der Waals surface area contributed by atoms with E-state index in [1.165, 1.54) is 0 Å². The van der Waals surface area contributed by atoms with Crippen LogP contribution in [0.25, 0.3) is 0 Å². The Labute approximate surface area is 196 Å². The number of amides is 3. The van der Waals surface area contributed by atoms with Crippen molar-refractivity contribution in [1.29, 1.82) is 0 Å². The highest BCUT2D eigenvalue weighted by Crippen LogP contribution is 2.08. The van der Waals surface area contributed by atoms with Crippen molar-refractivity contribution in [2.45, 2.75) is 57.3 Å². The highest BCUT2D eigenvalue weighted by molar-refractivity contribution is 5.95. The SMILES string of the molecule is CC(C)CC(NC(=O)C(CC(=O)O)NC(=O)C(N)Cc1ccccc1)C(=O)NC(CO)C(=O)O. The molecule has 0 aliphatic carbocycles. The van der Waals surface area contributed by atoms with E-state index in [9.17, 15) is 29.1 Å². The average Bonchev–Trinajstić information content (AvgIpc) is 2.75. The van der Waals surface area contributed by atoms with Crippen LogP contribution in [0.2, 0.25) is 0 Å². The molecule has 1 aromatic rings. The average molecular weight is 481 g/mol. The molecule has 0 aromatic heterocycles. The largest absolute Gasteiger partial charge is 0.481 e. The van der Waals surface area contributed by atoms with Crippen molar-refractivity contribution >= 4 is 29.7 Å². The van der Waals surface area contributed by atoms with E-state index < -0.39 is 66.9 Å². The smallest absolute Gasteiger partial charge is 0.328 e. The molecule has 0 spiro atoms. The van der Waals surface area contributed by atoms with E-state index in [-0.39, 0.29) is 18.8 Å². The van der Waals surface area contributed by atoms with E-state index in [0.717, 1.165) is 5.56 Å². The zero-order chi connectivity index (χ0) is 25.8. The van der Waals surface area contributed by atoms with Crippen LogP contribution in [0.3, 0.4) is 0 Å². The van der Waals surface area contributed by atoms with Gasteiger partial charge >= 0.3 is 11.9 Å². The number of hydrogen-bond acceptors (Lipinski definition) is 7. The van der Waals surface area contributed by atoms with Gasteiger partial charge in [0.25, 0.3) is 0 Å². The number of carboxylic acids is 2. The number of nitrogens with two attached hydrogens (primary N) is 1. The maximum Gasteiger partial charge on any atom is 0.328 e. The molecule has 0 fully saturated rings. The van der Waals surface area contributed by atoms with Crippen molar-refractivity contribution in [1.82, 2.24) is 16.0 Å². The number of aliphatic hydroxyl groups excluding tert-OH is 1. The van der Waals surface area contributed by atoms with Gasteiger partial charge in [0.1, 0.15) is 18.1 Å². The van der Waals surface area contributed by atoms with Gasteiger partial charge in [0.2, 0.25) is 17.7 Å². The fraction of sp³-hybridized carbons (Fsp3) is 0.500. The molecule has 1 rings (SSSR count). The maximum absolute atomic E-state index is 12.8. The third-order valence-corrected chi connectivity index (χ3v) is 4.78. The molecule has 4 unspecified atom stereocenters. The number of benzene rings is 1. The Balaban J connectivity index is 2.93. The predicted octanol–water partition coefficient (Wildman–Crippen LogP) is -1.39. The first-order valence-corrected chi connectivity index (χ1v) is 10.7. The van der Waals surface area contributed by atoms with Crippen LogP contribution in [0.4, 0.5) is 0 Å². The molecular formula is C22H32N4O8. The minimum atomic E-state index is -1.58. The van der Waals surface area contributed by atoms with E-state index in [4.69, 9.17) is 15.9 Å². The molecule has 1 aromatic carbocycles. The summed E-state index contributed by atoms with van der Waals surface area (Å²) in [6, 6.07) is 3.48. The van der Waals surface area contributed by atoms with Crippen LogP contribution in [0, 0.1) is 5.92 Å². The van der Waals surface area contributed by atoms with Crippen LogP contribution in [0.15, 0.2) is 30.3 Å². The summed E-state index contributed by atoms with van der Waals surface area (Å²) in [4.78, 5) is 60.2. The van der Waals surface area contributed by atoms with Crippen molar-refractivity contribution in [3.05, 3.63) is 35.9 Å². The molecule has 34 heavy (non-hydrogen) atoms. The molecule has 0 radical (unpaired) electrons. The van der Waals surface area contributed by atoms with Crippen molar-refractivity contribution < 1.29 is 39.3 Å². The van der Waals surface area contributed by atoms with Crippen molar-refractivity contribution in [3.63, 3.8) is 0 Å². The molecule has 0 aliphatic rings. The van der Waals surface area contributed by atoms with E-state index in [1.807, 2.05) is 0 Å². The highest BCUT2D eigenvalue weighted by atomic mass is 16.4. The summed E-state index contributed by atoms with van der Waals surface area (Å²) < 4.78 is 0. The van der Waals surface area contributed by atoms with Crippen LogP contribution in [0.5, 0.6) is 0 Å². The van der Waals surface area contributed by atoms with E-state index in [0.29, 0.717) is 0 Å². The molecule has 12 nitrogen and oxygen atoms in total. The molecule has 0 heterocycles. The second-order valence-corrected chi connectivity index (χ2v) is 8.23. The van der Waals surface area contributed by atoms with Gasteiger partial charge in [0.05, 0.1) is 19.1 Å². The number of nitrogens with one attached hydrogen (secondary N) is 3. The summed E-state index contributed by atoms with van der Waals surface area (Å²) in [5, 5.41) is 34.1. The summed E-state index contributed by atoms with van der Waals surface area (Å²) in [5.74, 6) is -5.51. The summed E-state index contributed by atoms with van der Waals surface area (Å²) in [6.45, 7) is 2.65. The van der Waals surface area contributed by atoms with Gasteiger partial charge < -0.3 is 37.0 Å². The summed E-state index contributed by atoms with van der Waals surface area (Å²) >= 11 is 0. The Morgan fingerprint density at radius 1 is 0.853 bits per heavy atom. The Hall–Kier alpha value is -3.51. The lowest BCUT2D eigenvalue weighted by molar-refractivity contribution is -0.144. The van der Waals surface area contributed by atoms with Crippen LogP contribution in [0.1, 0.15) is 32.3 Å². The third-order valence-electron chi connectivity index (χ3n) is 4.78. The number of carbonyl (C=O) groups is 5. The summed E-state index contributed by atoms with van der Waals surface area (Å²) in [6.07, 6.45) is -0.513. The topological polar surface area (TPSA) is 208 Å². The molecular weight excluding hydrogens is 448 g/mol. The first-order valence-electron chi connectivity index (χ1n) is 10.7. The Morgan fingerprint density at radius 2 is 1.38 bits per heavy atom. The van der Waals surface area contributed by atoms with Gasteiger partial charge in [-0.25, -0.2) is 4.79 Å². The third kappa shape index (κ3) is 9.96. The molecule has 12 heteroatoms. The van der Waals surface area contributed by atoms with Gasteiger partial charge in [0.15, 0.2) is 0 Å². The molecule has 3 amide bonds. The molecule has 188 valence electrons. The van der Waals surface area contributed by atoms with Crippen LogP contribution in [-0.2, 0) is 30.4 Å². The minimum Gasteiger partial charge on any atom is -0.481 e. The van der Waals surface area contributed by atoms with Gasteiger partial charge in [-0.15, -0.1) is 0 Å². The quantitative estimate of drug-likeness (QED) is 0.167. The Bertz CT molecular complexity index is 862. The van der Waals surface area contributed by atoms with Crippen LogP contribution >= 0.6 is 0 Å². The van der Waals surface area contributed by atoms with Crippen molar-refractivity contribution in [2.75, 3.05) is 6.61 Å². The van der Waals surface area contributed by atoms with Gasteiger partial charge in [-0.05, 0) is 24.3 Å². The van der Waals surface area contributed by atoms with Gasteiger partial charge in [0, 0.05) is 0 Å². The van der Waals surface area contributed by atoms with E-state index >= 15 is 0 Å². The Morgan fingerprint density at radius 3 is 1.88 bits per heavy atom. The van der Waals surface area contributed by atoms with E-state index in [2.05, 4.69) is 16.0 Å². The number of rotatable bonds is 14. The van der Waals surface area contributed by atoms with Crippen molar-refractivity contribution in [2.24, 2.45) is 11.7 Å². The van der Waals surface area contributed by atoms with Gasteiger partial charge in [-0.3, -0.25) is 19.2 Å². The lowest BCUT2D eigenvalue weighted by Gasteiger charge is -2.25. The second kappa shape index (κ2) is 13.9. The molecule has 8 N–H and O–H groups in total. The number of aliphatic carboxylic acids is 2. The maximum atomic E-state index is 12.8. The monoisotopic (exact) mass is 480 g/mol. The number of carboxylic acid groups (broad SMARTS) is 2. The summed E-state index contributed by atoms with van der Waals surface area (Å²) in [5.41, 5.74) is 6.68. The van der Waals surface area contributed by atoms with Gasteiger partial charge in [-0.1, -0.05) is 44.2 Å².